The topological polar surface area (TPSA) is 49.0 Å². The number of pyridine rings is 1. The van der Waals surface area contributed by atoms with Gasteiger partial charge in [-0.3, -0.25) is 4.79 Å². The smallest absolute Gasteiger partial charge is 0.224 e. The van der Waals surface area contributed by atoms with E-state index in [1.807, 2.05) is 12.3 Å². The maximum Gasteiger partial charge on any atom is 0.224 e. The quantitative estimate of drug-likeness (QED) is 0.808. The van der Waals surface area contributed by atoms with E-state index < -0.39 is 0 Å². The number of nitrogens with one attached hydrogen (secondary N) is 1. The number of likely N-dealkylation sites (tertiary alicyclic amines) is 1. The van der Waals surface area contributed by atoms with Gasteiger partial charge in [-0.15, -0.1) is 12.3 Å². The first-order chi connectivity index (χ1) is 8.76. The molecule has 0 saturated carbocycles. The van der Waals surface area contributed by atoms with Crippen LogP contribution in [0.15, 0.2) is 24.5 Å². The van der Waals surface area contributed by atoms with Gasteiger partial charge in [0.1, 0.15) is 5.65 Å². The Kier molecular flexibility index (Phi) is 2.52. The second-order valence-corrected chi connectivity index (χ2v) is 4.60. The predicted molar refractivity (Wildman–Crippen MR) is 68.5 cm³/mol. The van der Waals surface area contributed by atoms with Crippen LogP contribution in [0.2, 0.25) is 0 Å². The first-order valence-corrected chi connectivity index (χ1v) is 5.92. The summed E-state index contributed by atoms with van der Waals surface area (Å²) in [5, 5.41) is 1.06. The summed E-state index contributed by atoms with van der Waals surface area (Å²) in [5.74, 6) is 2.84. The van der Waals surface area contributed by atoms with E-state index in [2.05, 4.69) is 22.0 Å². The van der Waals surface area contributed by atoms with Gasteiger partial charge in [-0.05, 0) is 17.7 Å². The first-order valence-electron chi connectivity index (χ1n) is 5.92. The number of H-pyrrole nitrogens is 1. The minimum atomic E-state index is 0.0569. The third-order valence-electron chi connectivity index (χ3n) is 3.28. The number of carbonyl (C=O) groups is 1. The predicted octanol–water partition coefficient (Wildman–Crippen LogP) is 1.54. The number of hydrogen-bond donors (Lipinski definition) is 1. The van der Waals surface area contributed by atoms with Gasteiger partial charge in [-0.1, -0.05) is 0 Å². The Morgan fingerprint density at radius 2 is 2.50 bits per heavy atom. The molecule has 0 spiro atoms. The number of aromatic nitrogens is 2. The Labute approximate surface area is 105 Å². The van der Waals surface area contributed by atoms with E-state index in [9.17, 15) is 4.79 Å². The van der Waals surface area contributed by atoms with Crippen LogP contribution in [0, 0.1) is 18.3 Å². The Morgan fingerprint density at radius 3 is 3.28 bits per heavy atom. The van der Waals surface area contributed by atoms with Gasteiger partial charge >= 0.3 is 0 Å². The molecule has 0 bridgehead atoms. The molecule has 1 saturated heterocycles. The third-order valence-corrected chi connectivity index (χ3v) is 3.28. The average Bonchev–Trinajstić information content (AvgIpc) is 2.96. The number of nitrogens with zero attached hydrogens (tertiary/aromatic N) is 2. The molecule has 90 valence electrons. The molecule has 1 fully saturated rings. The van der Waals surface area contributed by atoms with Crippen LogP contribution in [-0.2, 0) is 11.3 Å². The summed E-state index contributed by atoms with van der Waals surface area (Å²) in [4.78, 5) is 20.9. The van der Waals surface area contributed by atoms with Gasteiger partial charge in [-0.25, -0.2) is 4.98 Å². The molecule has 0 aliphatic carbocycles. The van der Waals surface area contributed by atoms with E-state index in [0.29, 0.717) is 19.5 Å². The second kappa shape index (κ2) is 4.19. The molecule has 4 heteroatoms. The fourth-order valence-electron chi connectivity index (χ4n) is 2.33. The molecule has 3 rings (SSSR count). The molecular formula is C14H13N3O. The summed E-state index contributed by atoms with van der Waals surface area (Å²) in [6.45, 7) is 1.24. The minimum Gasteiger partial charge on any atom is -0.346 e. The summed E-state index contributed by atoms with van der Waals surface area (Å²) in [5.41, 5.74) is 1.90. The third kappa shape index (κ3) is 1.84. The van der Waals surface area contributed by atoms with Crippen LogP contribution in [-0.4, -0.2) is 27.3 Å². The molecule has 1 aliphatic heterocycles. The lowest BCUT2D eigenvalue weighted by atomic mass is 10.1. The minimum absolute atomic E-state index is 0.0569. The van der Waals surface area contributed by atoms with Crippen molar-refractivity contribution in [3.63, 3.8) is 0 Å². The molecule has 3 heterocycles. The SMILES string of the molecule is C#CC1CC(=O)N(Cc2cnc3[nH]ccc3c2)C1. The van der Waals surface area contributed by atoms with Crippen LogP contribution in [0.25, 0.3) is 11.0 Å². The first kappa shape index (κ1) is 10.8. The van der Waals surface area contributed by atoms with E-state index in [1.54, 1.807) is 11.1 Å². The Morgan fingerprint density at radius 1 is 1.61 bits per heavy atom. The van der Waals surface area contributed by atoms with Crippen LogP contribution in [0.3, 0.4) is 0 Å². The largest absolute Gasteiger partial charge is 0.346 e. The highest BCUT2D eigenvalue weighted by atomic mass is 16.2. The zero-order chi connectivity index (χ0) is 12.5. The van der Waals surface area contributed by atoms with Gasteiger partial charge in [0, 0.05) is 43.2 Å². The lowest BCUT2D eigenvalue weighted by Crippen LogP contribution is -2.24. The number of hydrogen-bond acceptors (Lipinski definition) is 2. The molecule has 1 N–H and O–H groups in total. The van der Waals surface area contributed by atoms with Crippen molar-refractivity contribution in [1.82, 2.24) is 14.9 Å². The fraction of sp³-hybridized carbons (Fsp3) is 0.286. The zero-order valence-corrected chi connectivity index (χ0v) is 9.89. The van der Waals surface area contributed by atoms with Gasteiger partial charge in [-0.2, -0.15) is 0 Å². The maximum atomic E-state index is 11.8. The lowest BCUT2D eigenvalue weighted by Gasteiger charge is -2.15. The highest BCUT2D eigenvalue weighted by Crippen LogP contribution is 2.20. The Balaban J connectivity index is 1.80. The van der Waals surface area contributed by atoms with Crippen LogP contribution in [0.1, 0.15) is 12.0 Å². The summed E-state index contributed by atoms with van der Waals surface area (Å²) >= 11 is 0. The fourth-order valence-corrected chi connectivity index (χ4v) is 2.33. The number of fused-ring (bicyclic) bond motifs is 1. The Bertz CT molecular complexity index is 638. The molecule has 1 atom stereocenters. The summed E-state index contributed by atoms with van der Waals surface area (Å²) in [6, 6.07) is 4.02. The maximum absolute atomic E-state index is 11.8. The molecular weight excluding hydrogens is 226 g/mol. The molecule has 1 aliphatic rings. The van der Waals surface area contributed by atoms with Crippen molar-refractivity contribution in [3.05, 3.63) is 30.1 Å². The number of carbonyl (C=O) groups excluding carboxylic acids is 1. The standard InChI is InChI=1S/C14H13N3O/c1-2-10-6-13(18)17(8-10)9-11-5-12-3-4-15-14(12)16-7-11/h1,3-5,7,10H,6,8-9H2,(H,15,16). The summed E-state index contributed by atoms with van der Waals surface area (Å²) in [6.07, 6.45) is 9.49. The summed E-state index contributed by atoms with van der Waals surface area (Å²) in [7, 11) is 0. The van der Waals surface area contributed by atoms with Crippen molar-refractivity contribution >= 4 is 16.9 Å². The van der Waals surface area contributed by atoms with Crippen LogP contribution in [0.5, 0.6) is 0 Å². The van der Waals surface area contributed by atoms with E-state index >= 15 is 0 Å². The van der Waals surface area contributed by atoms with Gasteiger partial charge in [0.25, 0.3) is 0 Å². The van der Waals surface area contributed by atoms with Crippen molar-refractivity contribution < 1.29 is 4.79 Å². The van der Waals surface area contributed by atoms with Crippen LogP contribution >= 0.6 is 0 Å². The lowest BCUT2D eigenvalue weighted by molar-refractivity contribution is -0.128. The van der Waals surface area contributed by atoms with Gasteiger partial charge in [0.05, 0.1) is 0 Å². The average molecular weight is 239 g/mol. The number of aromatic amines is 1. The van der Waals surface area contributed by atoms with E-state index in [0.717, 1.165) is 16.6 Å². The highest BCUT2D eigenvalue weighted by molar-refractivity contribution is 5.79. The van der Waals surface area contributed by atoms with Crippen molar-refractivity contribution in [1.29, 1.82) is 0 Å². The number of rotatable bonds is 2. The zero-order valence-electron chi connectivity index (χ0n) is 9.89. The molecule has 0 aromatic carbocycles. The molecule has 0 radical (unpaired) electrons. The van der Waals surface area contributed by atoms with E-state index in [-0.39, 0.29) is 11.8 Å². The molecule has 2 aromatic heterocycles. The second-order valence-electron chi connectivity index (χ2n) is 4.60. The van der Waals surface area contributed by atoms with Gasteiger partial charge in [0.15, 0.2) is 0 Å². The van der Waals surface area contributed by atoms with Crippen LogP contribution < -0.4 is 0 Å². The van der Waals surface area contributed by atoms with E-state index in [4.69, 9.17) is 6.42 Å². The van der Waals surface area contributed by atoms with Gasteiger partial charge < -0.3 is 9.88 Å². The normalized spacial score (nSPS) is 19.4. The summed E-state index contributed by atoms with van der Waals surface area (Å²) < 4.78 is 0. The van der Waals surface area contributed by atoms with Crippen molar-refractivity contribution in [2.45, 2.75) is 13.0 Å². The molecule has 18 heavy (non-hydrogen) atoms. The molecule has 1 unspecified atom stereocenters. The Hall–Kier alpha value is -2.28. The molecule has 1 amide bonds. The monoisotopic (exact) mass is 239 g/mol. The van der Waals surface area contributed by atoms with Crippen molar-refractivity contribution in [2.75, 3.05) is 6.54 Å². The number of terminal acetylenes is 1. The highest BCUT2D eigenvalue weighted by Gasteiger charge is 2.28. The number of amides is 1. The molecule has 4 nitrogen and oxygen atoms in total. The molecule has 2 aromatic rings. The van der Waals surface area contributed by atoms with Crippen molar-refractivity contribution in [3.8, 4) is 12.3 Å². The van der Waals surface area contributed by atoms with Crippen LogP contribution in [0.4, 0.5) is 0 Å². The van der Waals surface area contributed by atoms with E-state index in [1.165, 1.54) is 0 Å². The van der Waals surface area contributed by atoms with Gasteiger partial charge in [0.2, 0.25) is 5.91 Å². The van der Waals surface area contributed by atoms with Crippen molar-refractivity contribution in [2.24, 2.45) is 5.92 Å².